The van der Waals surface area contributed by atoms with Crippen molar-refractivity contribution >= 4 is 6.03 Å². The second kappa shape index (κ2) is 7.87. The van der Waals surface area contributed by atoms with Crippen molar-refractivity contribution in [2.75, 3.05) is 7.11 Å². The molecule has 0 spiro atoms. The van der Waals surface area contributed by atoms with Crippen LogP contribution in [-0.2, 0) is 0 Å². The lowest BCUT2D eigenvalue weighted by Crippen LogP contribution is -2.34. The van der Waals surface area contributed by atoms with Crippen LogP contribution in [0.5, 0.6) is 5.75 Å². The molecule has 0 saturated heterocycles. The molecular weight excluding hydrogens is 276 g/mol. The maximum absolute atomic E-state index is 12.0. The lowest BCUT2D eigenvalue weighted by molar-refractivity contribution is 0.241. The van der Waals surface area contributed by atoms with E-state index in [1.54, 1.807) is 7.11 Å². The highest BCUT2D eigenvalue weighted by atomic mass is 16.5. The van der Waals surface area contributed by atoms with Crippen molar-refractivity contribution in [2.45, 2.75) is 45.6 Å². The average molecular weight is 302 g/mol. The number of amides is 2. The number of benzene rings is 1. The summed E-state index contributed by atoms with van der Waals surface area (Å²) in [7, 11) is 1.64. The van der Waals surface area contributed by atoms with E-state index < -0.39 is 0 Å². The van der Waals surface area contributed by atoms with Gasteiger partial charge in [-0.2, -0.15) is 0 Å². The predicted octanol–water partition coefficient (Wildman–Crippen LogP) is 4.15. The van der Waals surface area contributed by atoms with Gasteiger partial charge in [-0.3, -0.25) is 0 Å². The zero-order valence-electron chi connectivity index (χ0n) is 13.7. The summed E-state index contributed by atoms with van der Waals surface area (Å²) in [6, 6.07) is 7.50. The number of carbonyl (C=O) groups is 1. The van der Waals surface area contributed by atoms with Gasteiger partial charge < -0.3 is 15.4 Å². The summed E-state index contributed by atoms with van der Waals surface area (Å²) in [5.41, 5.74) is 2.32. The number of allylic oxidation sites excluding steroid dienone is 1. The zero-order valence-corrected chi connectivity index (χ0v) is 13.7. The van der Waals surface area contributed by atoms with Gasteiger partial charge in [-0.05, 0) is 50.3 Å². The number of hydrogen-bond acceptors (Lipinski definition) is 2. The van der Waals surface area contributed by atoms with Crippen molar-refractivity contribution in [1.29, 1.82) is 0 Å². The van der Waals surface area contributed by atoms with Crippen LogP contribution in [0.25, 0.3) is 0 Å². The van der Waals surface area contributed by atoms with Gasteiger partial charge in [0.05, 0.1) is 13.2 Å². The Morgan fingerprint density at radius 2 is 1.91 bits per heavy atom. The SMILES string of the molecule is COc1ccc(C(C)NC(=O)N/C=C(\C)C2CCCC2)cc1. The van der Waals surface area contributed by atoms with E-state index in [0.29, 0.717) is 5.92 Å². The molecule has 1 aromatic rings. The van der Waals surface area contributed by atoms with Gasteiger partial charge in [0.15, 0.2) is 0 Å². The van der Waals surface area contributed by atoms with E-state index in [9.17, 15) is 4.79 Å². The largest absolute Gasteiger partial charge is 0.497 e. The molecule has 1 fully saturated rings. The first-order valence-corrected chi connectivity index (χ1v) is 7.98. The number of urea groups is 1. The third kappa shape index (κ3) is 4.52. The van der Waals surface area contributed by atoms with Gasteiger partial charge in [0.1, 0.15) is 5.75 Å². The summed E-state index contributed by atoms with van der Waals surface area (Å²) in [5, 5.41) is 5.79. The van der Waals surface area contributed by atoms with Crippen LogP contribution in [0.2, 0.25) is 0 Å². The Morgan fingerprint density at radius 3 is 2.50 bits per heavy atom. The highest BCUT2D eigenvalue weighted by Crippen LogP contribution is 2.30. The van der Waals surface area contributed by atoms with Crippen LogP contribution in [0.4, 0.5) is 4.79 Å². The summed E-state index contributed by atoms with van der Waals surface area (Å²) in [6.07, 6.45) is 6.95. The summed E-state index contributed by atoms with van der Waals surface area (Å²) in [4.78, 5) is 12.0. The molecule has 0 bridgehead atoms. The van der Waals surface area contributed by atoms with Gasteiger partial charge in [-0.25, -0.2) is 4.79 Å². The molecule has 1 saturated carbocycles. The highest BCUT2D eigenvalue weighted by molar-refractivity contribution is 5.75. The Bertz CT molecular complexity index is 516. The third-order valence-electron chi connectivity index (χ3n) is 4.39. The Labute approximate surface area is 132 Å². The molecule has 4 nitrogen and oxygen atoms in total. The van der Waals surface area contributed by atoms with Crippen molar-refractivity contribution in [3.8, 4) is 5.75 Å². The fraction of sp³-hybridized carbons (Fsp3) is 0.500. The van der Waals surface area contributed by atoms with E-state index >= 15 is 0 Å². The third-order valence-corrected chi connectivity index (χ3v) is 4.39. The zero-order chi connectivity index (χ0) is 15.9. The molecular formula is C18H26N2O2. The van der Waals surface area contributed by atoms with Crippen molar-refractivity contribution < 1.29 is 9.53 Å². The smallest absolute Gasteiger partial charge is 0.319 e. The second-order valence-corrected chi connectivity index (χ2v) is 5.98. The predicted molar refractivity (Wildman–Crippen MR) is 88.8 cm³/mol. The molecule has 1 atom stereocenters. The minimum Gasteiger partial charge on any atom is -0.497 e. The van der Waals surface area contributed by atoms with Crippen LogP contribution in [0.1, 0.15) is 51.1 Å². The fourth-order valence-corrected chi connectivity index (χ4v) is 2.89. The normalized spacial score (nSPS) is 17.1. The molecule has 22 heavy (non-hydrogen) atoms. The first kappa shape index (κ1) is 16.4. The molecule has 0 aromatic heterocycles. The van der Waals surface area contributed by atoms with Crippen molar-refractivity contribution in [3.05, 3.63) is 41.6 Å². The molecule has 0 heterocycles. The van der Waals surface area contributed by atoms with E-state index in [1.165, 1.54) is 31.3 Å². The molecule has 4 heteroatoms. The van der Waals surface area contributed by atoms with Gasteiger partial charge in [-0.15, -0.1) is 0 Å². The Kier molecular flexibility index (Phi) is 5.87. The molecule has 0 radical (unpaired) electrons. The van der Waals surface area contributed by atoms with Crippen LogP contribution >= 0.6 is 0 Å². The first-order valence-electron chi connectivity index (χ1n) is 7.98. The molecule has 1 aliphatic carbocycles. The van der Waals surface area contributed by atoms with Gasteiger partial charge in [0.2, 0.25) is 0 Å². The first-order chi connectivity index (χ1) is 10.6. The standard InChI is InChI=1S/C18H26N2O2/c1-13(15-6-4-5-7-15)12-19-18(21)20-14(2)16-8-10-17(22-3)11-9-16/h8-12,14-15H,4-7H2,1-3H3,(H2,19,20,21)/b13-12+. The molecule has 120 valence electrons. The Hall–Kier alpha value is -1.97. The number of nitrogens with one attached hydrogen (secondary N) is 2. The molecule has 0 aliphatic heterocycles. The number of hydrogen-bond donors (Lipinski definition) is 2. The maximum Gasteiger partial charge on any atom is 0.319 e. The average Bonchev–Trinajstić information content (AvgIpc) is 3.07. The molecule has 2 rings (SSSR count). The fourth-order valence-electron chi connectivity index (χ4n) is 2.89. The van der Waals surface area contributed by atoms with E-state index in [-0.39, 0.29) is 12.1 Å². The van der Waals surface area contributed by atoms with E-state index in [2.05, 4.69) is 17.6 Å². The molecule has 1 unspecified atom stereocenters. The van der Waals surface area contributed by atoms with E-state index in [0.717, 1.165) is 11.3 Å². The van der Waals surface area contributed by atoms with E-state index in [4.69, 9.17) is 4.74 Å². The molecule has 1 aliphatic rings. The van der Waals surface area contributed by atoms with Crippen molar-refractivity contribution in [3.63, 3.8) is 0 Å². The topological polar surface area (TPSA) is 50.4 Å². The lowest BCUT2D eigenvalue weighted by atomic mass is 10.0. The summed E-state index contributed by atoms with van der Waals surface area (Å²) < 4.78 is 5.14. The van der Waals surface area contributed by atoms with Gasteiger partial charge in [0.25, 0.3) is 0 Å². The maximum atomic E-state index is 12.0. The number of ether oxygens (including phenoxy) is 1. The van der Waals surface area contributed by atoms with Crippen LogP contribution in [0.3, 0.4) is 0 Å². The molecule has 2 amide bonds. The monoisotopic (exact) mass is 302 g/mol. The second-order valence-electron chi connectivity index (χ2n) is 5.98. The lowest BCUT2D eigenvalue weighted by Gasteiger charge is -2.15. The number of methoxy groups -OCH3 is 1. The van der Waals surface area contributed by atoms with Crippen LogP contribution in [0, 0.1) is 5.92 Å². The van der Waals surface area contributed by atoms with Crippen LogP contribution in [0.15, 0.2) is 36.0 Å². The van der Waals surface area contributed by atoms with Crippen LogP contribution < -0.4 is 15.4 Å². The van der Waals surface area contributed by atoms with Crippen LogP contribution in [-0.4, -0.2) is 13.1 Å². The van der Waals surface area contributed by atoms with Gasteiger partial charge >= 0.3 is 6.03 Å². The van der Waals surface area contributed by atoms with Crippen molar-refractivity contribution in [1.82, 2.24) is 10.6 Å². The summed E-state index contributed by atoms with van der Waals surface area (Å²) in [5.74, 6) is 1.45. The highest BCUT2D eigenvalue weighted by Gasteiger charge is 2.16. The summed E-state index contributed by atoms with van der Waals surface area (Å²) in [6.45, 7) is 4.07. The minimum atomic E-state index is -0.166. The van der Waals surface area contributed by atoms with Crippen molar-refractivity contribution in [2.24, 2.45) is 5.92 Å². The van der Waals surface area contributed by atoms with Gasteiger partial charge in [0, 0.05) is 6.20 Å². The quantitative estimate of drug-likeness (QED) is 0.858. The molecule has 2 N–H and O–H groups in total. The number of rotatable bonds is 5. The van der Waals surface area contributed by atoms with E-state index in [1.807, 2.05) is 37.4 Å². The minimum absolute atomic E-state index is 0.0499. The molecule has 1 aromatic carbocycles. The van der Waals surface area contributed by atoms with Gasteiger partial charge in [-0.1, -0.05) is 30.5 Å². The Balaban J connectivity index is 1.83. The number of carbonyl (C=O) groups excluding carboxylic acids is 1. The summed E-state index contributed by atoms with van der Waals surface area (Å²) >= 11 is 0. The Morgan fingerprint density at radius 1 is 1.27 bits per heavy atom.